The Labute approximate surface area is 159 Å². The molecule has 2 N–H and O–H groups in total. The molecule has 27 heavy (non-hydrogen) atoms. The van der Waals surface area contributed by atoms with Crippen molar-refractivity contribution in [3.05, 3.63) is 60.2 Å². The van der Waals surface area contributed by atoms with Gasteiger partial charge in [-0.1, -0.05) is 30.3 Å². The number of aromatic hydroxyl groups is 1. The molecule has 142 valence electrons. The monoisotopic (exact) mass is 367 g/mol. The zero-order valence-electron chi connectivity index (χ0n) is 15.3. The zero-order chi connectivity index (χ0) is 19.1. The van der Waals surface area contributed by atoms with Crippen molar-refractivity contribution in [2.24, 2.45) is 0 Å². The van der Waals surface area contributed by atoms with Gasteiger partial charge in [0.1, 0.15) is 5.75 Å². The van der Waals surface area contributed by atoms with Crippen LogP contribution in [0, 0.1) is 0 Å². The number of para-hydroxylation sites is 2. The average Bonchev–Trinajstić information content (AvgIpc) is 2.72. The van der Waals surface area contributed by atoms with E-state index in [0.29, 0.717) is 51.1 Å². The normalized spacial score (nSPS) is 14.1. The molecule has 0 spiro atoms. The lowest BCUT2D eigenvalue weighted by molar-refractivity contribution is -0.131. The van der Waals surface area contributed by atoms with Gasteiger partial charge in [0, 0.05) is 44.7 Å². The SMILES string of the molecule is O=C(NCCCC(=O)N1CCN(c2ccccc2O)CC1)c1ccccc1. The Kier molecular flexibility index (Phi) is 6.30. The molecule has 1 aliphatic heterocycles. The Morgan fingerprint density at radius 1 is 0.926 bits per heavy atom. The molecule has 3 rings (SSSR count). The Morgan fingerprint density at radius 2 is 1.59 bits per heavy atom. The molecule has 0 radical (unpaired) electrons. The third kappa shape index (κ3) is 5.00. The molecule has 1 saturated heterocycles. The molecule has 0 aromatic heterocycles. The van der Waals surface area contributed by atoms with Crippen LogP contribution in [0.25, 0.3) is 0 Å². The molecule has 6 heteroatoms. The number of phenols is 1. The minimum Gasteiger partial charge on any atom is -0.506 e. The number of hydrogen-bond acceptors (Lipinski definition) is 4. The summed E-state index contributed by atoms with van der Waals surface area (Å²) in [5, 5.41) is 12.8. The first-order valence-corrected chi connectivity index (χ1v) is 9.29. The van der Waals surface area contributed by atoms with E-state index in [1.165, 1.54) is 0 Å². The maximum absolute atomic E-state index is 12.4. The summed E-state index contributed by atoms with van der Waals surface area (Å²) in [5.74, 6) is 0.270. The Hall–Kier alpha value is -3.02. The third-order valence-electron chi connectivity index (χ3n) is 4.74. The maximum Gasteiger partial charge on any atom is 0.251 e. The molecular formula is C21H25N3O3. The Morgan fingerprint density at radius 3 is 2.30 bits per heavy atom. The highest BCUT2D eigenvalue weighted by Crippen LogP contribution is 2.27. The van der Waals surface area contributed by atoms with Crippen molar-refractivity contribution in [1.82, 2.24) is 10.2 Å². The summed E-state index contributed by atoms with van der Waals surface area (Å²) in [4.78, 5) is 28.3. The van der Waals surface area contributed by atoms with Crippen LogP contribution in [-0.4, -0.2) is 54.5 Å². The van der Waals surface area contributed by atoms with E-state index in [9.17, 15) is 14.7 Å². The van der Waals surface area contributed by atoms with Crippen LogP contribution in [-0.2, 0) is 4.79 Å². The van der Waals surface area contributed by atoms with Crippen LogP contribution in [0.1, 0.15) is 23.2 Å². The van der Waals surface area contributed by atoms with Crippen LogP contribution in [0.15, 0.2) is 54.6 Å². The van der Waals surface area contributed by atoms with Crippen molar-refractivity contribution in [2.75, 3.05) is 37.6 Å². The molecule has 0 aliphatic carbocycles. The molecular weight excluding hydrogens is 342 g/mol. The predicted octanol–water partition coefficient (Wildman–Crippen LogP) is 2.25. The van der Waals surface area contributed by atoms with Crippen LogP contribution < -0.4 is 10.2 Å². The quantitative estimate of drug-likeness (QED) is 0.768. The largest absolute Gasteiger partial charge is 0.506 e. The first kappa shape index (κ1) is 18.8. The second kappa shape index (κ2) is 9.07. The number of rotatable bonds is 6. The number of hydrogen-bond donors (Lipinski definition) is 2. The molecule has 0 bridgehead atoms. The topological polar surface area (TPSA) is 72.9 Å². The van der Waals surface area contributed by atoms with Crippen LogP contribution in [0.4, 0.5) is 5.69 Å². The summed E-state index contributed by atoms with van der Waals surface area (Å²) >= 11 is 0. The van der Waals surface area contributed by atoms with Gasteiger partial charge in [-0.15, -0.1) is 0 Å². The van der Waals surface area contributed by atoms with E-state index in [2.05, 4.69) is 10.2 Å². The zero-order valence-corrected chi connectivity index (χ0v) is 15.3. The molecule has 2 aromatic rings. The minimum atomic E-state index is -0.112. The number of amides is 2. The fourth-order valence-corrected chi connectivity index (χ4v) is 3.22. The average molecular weight is 367 g/mol. The summed E-state index contributed by atoms with van der Waals surface area (Å²) in [5.41, 5.74) is 1.44. The van der Waals surface area contributed by atoms with Gasteiger partial charge in [0.25, 0.3) is 5.91 Å². The van der Waals surface area contributed by atoms with Crippen LogP contribution in [0.5, 0.6) is 5.75 Å². The van der Waals surface area contributed by atoms with E-state index in [4.69, 9.17) is 0 Å². The van der Waals surface area contributed by atoms with Gasteiger partial charge in [-0.25, -0.2) is 0 Å². The summed E-state index contributed by atoms with van der Waals surface area (Å²) in [6, 6.07) is 16.3. The fraction of sp³-hybridized carbons (Fsp3) is 0.333. The van der Waals surface area contributed by atoms with Crippen LogP contribution in [0.2, 0.25) is 0 Å². The van der Waals surface area contributed by atoms with Crippen LogP contribution in [0.3, 0.4) is 0 Å². The summed E-state index contributed by atoms with van der Waals surface area (Å²) in [6.45, 7) is 3.17. The number of benzene rings is 2. The number of nitrogens with zero attached hydrogens (tertiary/aromatic N) is 2. The third-order valence-corrected chi connectivity index (χ3v) is 4.74. The van der Waals surface area contributed by atoms with Gasteiger partial charge < -0.3 is 20.2 Å². The van der Waals surface area contributed by atoms with Gasteiger partial charge in [-0.3, -0.25) is 9.59 Å². The summed E-state index contributed by atoms with van der Waals surface area (Å²) < 4.78 is 0. The van der Waals surface area contributed by atoms with Crippen molar-refractivity contribution in [3.63, 3.8) is 0 Å². The highest BCUT2D eigenvalue weighted by Gasteiger charge is 2.22. The van der Waals surface area contributed by atoms with Gasteiger partial charge in [0.2, 0.25) is 5.91 Å². The predicted molar refractivity (Wildman–Crippen MR) is 105 cm³/mol. The van der Waals surface area contributed by atoms with Crippen molar-refractivity contribution < 1.29 is 14.7 Å². The standard InChI is InChI=1S/C21H25N3O3/c25-19-10-5-4-9-18(19)23-13-15-24(16-14-23)20(26)11-6-12-22-21(27)17-7-2-1-3-8-17/h1-5,7-10,25H,6,11-16H2,(H,22,27). The lowest BCUT2D eigenvalue weighted by atomic mass is 10.2. The maximum atomic E-state index is 12.4. The van der Waals surface area contributed by atoms with Crippen molar-refractivity contribution >= 4 is 17.5 Å². The van der Waals surface area contributed by atoms with Gasteiger partial charge >= 0.3 is 0 Å². The first-order chi connectivity index (χ1) is 13.1. The second-order valence-electron chi connectivity index (χ2n) is 6.58. The smallest absolute Gasteiger partial charge is 0.251 e. The van der Waals surface area contributed by atoms with E-state index >= 15 is 0 Å². The number of anilines is 1. The van der Waals surface area contributed by atoms with Crippen molar-refractivity contribution in [2.45, 2.75) is 12.8 Å². The second-order valence-corrected chi connectivity index (χ2v) is 6.58. The minimum absolute atomic E-state index is 0.112. The number of nitrogens with one attached hydrogen (secondary N) is 1. The number of phenolic OH excluding ortho intramolecular Hbond substituents is 1. The lowest BCUT2D eigenvalue weighted by Crippen LogP contribution is -2.48. The molecule has 0 saturated carbocycles. The van der Waals surface area contributed by atoms with Crippen molar-refractivity contribution in [3.8, 4) is 5.75 Å². The van der Waals surface area contributed by atoms with Gasteiger partial charge in [-0.05, 0) is 30.7 Å². The van der Waals surface area contributed by atoms with Crippen molar-refractivity contribution in [1.29, 1.82) is 0 Å². The van der Waals surface area contributed by atoms with E-state index in [1.807, 2.05) is 35.2 Å². The van der Waals surface area contributed by atoms with E-state index in [-0.39, 0.29) is 17.6 Å². The highest BCUT2D eigenvalue weighted by atomic mass is 16.3. The van der Waals surface area contributed by atoms with E-state index in [1.54, 1.807) is 24.3 Å². The molecule has 2 aromatic carbocycles. The molecule has 0 atom stereocenters. The molecule has 0 unspecified atom stereocenters. The number of carbonyl (C=O) groups is 2. The fourth-order valence-electron chi connectivity index (χ4n) is 3.22. The first-order valence-electron chi connectivity index (χ1n) is 9.29. The van der Waals surface area contributed by atoms with E-state index in [0.717, 1.165) is 5.69 Å². The number of carbonyl (C=O) groups excluding carboxylic acids is 2. The molecule has 1 heterocycles. The summed E-state index contributed by atoms with van der Waals surface area (Å²) in [7, 11) is 0. The van der Waals surface area contributed by atoms with Gasteiger partial charge in [0.05, 0.1) is 5.69 Å². The summed E-state index contributed by atoms with van der Waals surface area (Å²) in [6.07, 6.45) is 1.04. The molecule has 1 fully saturated rings. The molecule has 6 nitrogen and oxygen atoms in total. The molecule has 2 amide bonds. The Balaban J connectivity index is 1.37. The van der Waals surface area contributed by atoms with E-state index < -0.39 is 0 Å². The van der Waals surface area contributed by atoms with Gasteiger partial charge in [-0.2, -0.15) is 0 Å². The van der Waals surface area contributed by atoms with Gasteiger partial charge in [0.15, 0.2) is 0 Å². The Bertz CT molecular complexity index is 771. The highest BCUT2D eigenvalue weighted by molar-refractivity contribution is 5.94. The number of piperazine rings is 1. The lowest BCUT2D eigenvalue weighted by Gasteiger charge is -2.36. The molecule has 1 aliphatic rings. The van der Waals surface area contributed by atoms with Crippen LogP contribution >= 0.6 is 0 Å².